The molecule has 0 spiro atoms. The van der Waals surface area contributed by atoms with Gasteiger partial charge in [-0.3, -0.25) is 4.79 Å². The average Bonchev–Trinajstić information content (AvgIpc) is 3.14. The Morgan fingerprint density at radius 3 is 2.65 bits per heavy atom. The second-order valence-electron chi connectivity index (χ2n) is 7.28. The van der Waals surface area contributed by atoms with E-state index in [1.807, 2.05) is 0 Å². The number of anilines is 1. The summed E-state index contributed by atoms with van der Waals surface area (Å²) in [4.78, 5) is 24.5. The lowest BCUT2D eigenvalue weighted by molar-refractivity contribution is -0.148. The minimum absolute atomic E-state index is 0.0824. The van der Waals surface area contributed by atoms with Gasteiger partial charge < -0.3 is 15.4 Å². The van der Waals surface area contributed by atoms with Crippen LogP contribution in [-0.4, -0.2) is 39.8 Å². The second kappa shape index (κ2) is 7.26. The summed E-state index contributed by atoms with van der Waals surface area (Å²) in [5, 5.41) is 5.66. The lowest BCUT2D eigenvalue weighted by Gasteiger charge is -2.29. The Balaban J connectivity index is 1.65. The summed E-state index contributed by atoms with van der Waals surface area (Å²) in [5.74, 6) is -0.0676. The molecule has 26 heavy (non-hydrogen) atoms. The predicted octanol–water partition coefficient (Wildman–Crippen LogP) is 1.94. The van der Waals surface area contributed by atoms with Crippen molar-refractivity contribution >= 4 is 27.5 Å². The number of hydrogen-bond acceptors (Lipinski definition) is 5. The third-order valence-electron chi connectivity index (χ3n) is 5.30. The van der Waals surface area contributed by atoms with Crippen LogP contribution in [0.2, 0.25) is 0 Å². The number of methoxy groups -OCH3 is 1. The Labute approximate surface area is 153 Å². The first-order valence-electron chi connectivity index (χ1n) is 8.69. The number of carbonyl (C=O) groups excluding carboxylic acids is 2. The van der Waals surface area contributed by atoms with Crippen molar-refractivity contribution < 1.29 is 22.7 Å². The summed E-state index contributed by atoms with van der Waals surface area (Å²) in [7, 11) is -1.77. The number of nitrogens with one attached hydrogen (secondary N) is 2. The minimum atomic E-state index is -3.15. The molecule has 0 saturated heterocycles. The molecule has 3 rings (SSSR count). The standard InChI is InChI=1S/C18H24N2O5S/c1-25-17(21)15-12-6-7-13(9-12)16(15)20-18(22)19-14-5-3-4-11(8-14)10-26(2,23)24/h3-5,8,12-13,15-16H,6-7,9-10H2,1-2H3,(H2,19,20,22)/t12-,13-,15+,16+/m0/s1. The van der Waals surface area contributed by atoms with E-state index < -0.39 is 15.9 Å². The SMILES string of the molecule is COC(=O)[C@@H]1[C@H]2CC[C@@H](C2)[C@H]1NC(=O)Nc1cccc(CS(C)(=O)=O)c1. The summed E-state index contributed by atoms with van der Waals surface area (Å²) in [6.07, 6.45) is 4.11. The van der Waals surface area contributed by atoms with Gasteiger partial charge in [-0.25, -0.2) is 13.2 Å². The molecule has 0 unspecified atom stereocenters. The van der Waals surface area contributed by atoms with Crippen molar-refractivity contribution in [1.82, 2.24) is 5.32 Å². The maximum absolute atomic E-state index is 12.4. The third-order valence-corrected chi connectivity index (χ3v) is 6.16. The Kier molecular flexibility index (Phi) is 5.22. The fourth-order valence-electron chi connectivity index (χ4n) is 4.33. The molecule has 1 aromatic carbocycles. The number of hydrogen-bond donors (Lipinski definition) is 2. The van der Waals surface area contributed by atoms with E-state index in [9.17, 15) is 18.0 Å². The Bertz CT molecular complexity index is 808. The van der Waals surface area contributed by atoms with Crippen molar-refractivity contribution in [3.05, 3.63) is 29.8 Å². The fourth-order valence-corrected chi connectivity index (χ4v) is 5.12. The van der Waals surface area contributed by atoms with Crippen LogP contribution in [0.3, 0.4) is 0 Å². The molecule has 8 heteroatoms. The molecule has 0 aromatic heterocycles. The van der Waals surface area contributed by atoms with Crippen LogP contribution in [0.4, 0.5) is 10.5 Å². The van der Waals surface area contributed by atoms with Crippen molar-refractivity contribution in [2.45, 2.75) is 31.1 Å². The van der Waals surface area contributed by atoms with E-state index in [0.717, 1.165) is 19.3 Å². The summed E-state index contributed by atoms with van der Waals surface area (Å²) in [6.45, 7) is 0. The number of sulfone groups is 1. The summed E-state index contributed by atoms with van der Waals surface area (Å²) >= 11 is 0. The number of urea groups is 1. The highest BCUT2D eigenvalue weighted by molar-refractivity contribution is 7.89. The van der Waals surface area contributed by atoms with Gasteiger partial charge in [-0.2, -0.15) is 0 Å². The van der Waals surface area contributed by atoms with Crippen molar-refractivity contribution in [1.29, 1.82) is 0 Å². The highest BCUT2D eigenvalue weighted by Gasteiger charge is 2.52. The minimum Gasteiger partial charge on any atom is -0.469 e. The monoisotopic (exact) mass is 380 g/mol. The Morgan fingerprint density at radius 2 is 1.96 bits per heavy atom. The van der Waals surface area contributed by atoms with Crippen molar-refractivity contribution in [3.8, 4) is 0 Å². The highest BCUT2D eigenvalue weighted by atomic mass is 32.2. The zero-order chi connectivity index (χ0) is 18.9. The third kappa shape index (κ3) is 4.17. The van der Waals surface area contributed by atoms with Gasteiger partial charge in [-0.1, -0.05) is 12.1 Å². The molecule has 1 aromatic rings. The van der Waals surface area contributed by atoms with E-state index in [0.29, 0.717) is 17.2 Å². The van der Waals surface area contributed by atoms with Crippen LogP contribution in [0.5, 0.6) is 0 Å². The van der Waals surface area contributed by atoms with Crippen LogP contribution in [0.1, 0.15) is 24.8 Å². The zero-order valence-electron chi connectivity index (χ0n) is 14.9. The Morgan fingerprint density at radius 1 is 1.23 bits per heavy atom. The van der Waals surface area contributed by atoms with Crippen LogP contribution < -0.4 is 10.6 Å². The molecule has 2 fully saturated rings. The van der Waals surface area contributed by atoms with Gasteiger partial charge in [0.2, 0.25) is 0 Å². The molecule has 2 bridgehead atoms. The lowest BCUT2D eigenvalue weighted by atomic mass is 9.84. The molecule has 2 aliphatic carbocycles. The molecular formula is C18H24N2O5S. The van der Waals surface area contributed by atoms with E-state index in [1.54, 1.807) is 24.3 Å². The maximum atomic E-state index is 12.4. The number of rotatable bonds is 5. The van der Waals surface area contributed by atoms with Gasteiger partial charge in [0.05, 0.1) is 18.8 Å². The predicted molar refractivity (Wildman–Crippen MR) is 97.3 cm³/mol. The molecule has 2 saturated carbocycles. The molecular weight excluding hydrogens is 356 g/mol. The van der Waals surface area contributed by atoms with Crippen molar-refractivity contribution in [2.75, 3.05) is 18.7 Å². The molecule has 0 aliphatic heterocycles. The van der Waals surface area contributed by atoms with E-state index in [-0.39, 0.29) is 29.6 Å². The first kappa shape index (κ1) is 18.7. The number of esters is 1. The van der Waals surface area contributed by atoms with E-state index >= 15 is 0 Å². The van der Waals surface area contributed by atoms with Crippen LogP contribution >= 0.6 is 0 Å². The topological polar surface area (TPSA) is 102 Å². The molecule has 0 radical (unpaired) electrons. The normalized spacial score (nSPS) is 27.2. The summed E-state index contributed by atoms with van der Waals surface area (Å²) in [5.41, 5.74) is 1.12. The highest BCUT2D eigenvalue weighted by Crippen LogP contribution is 2.48. The Hall–Kier alpha value is -2.09. The fraction of sp³-hybridized carbons (Fsp3) is 0.556. The second-order valence-corrected chi connectivity index (χ2v) is 9.42. The average molecular weight is 380 g/mol. The van der Waals surface area contributed by atoms with E-state index in [4.69, 9.17) is 4.74 Å². The number of amides is 2. The van der Waals surface area contributed by atoms with Gasteiger partial charge in [0.1, 0.15) is 0 Å². The van der Waals surface area contributed by atoms with Crippen molar-refractivity contribution in [2.24, 2.45) is 17.8 Å². The van der Waals surface area contributed by atoms with Crippen LogP contribution in [0.25, 0.3) is 0 Å². The first-order chi connectivity index (χ1) is 12.3. The van der Waals surface area contributed by atoms with Crippen LogP contribution in [-0.2, 0) is 25.1 Å². The molecule has 0 heterocycles. The maximum Gasteiger partial charge on any atom is 0.319 e. The molecule has 2 N–H and O–H groups in total. The van der Waals surface area contributed by atoms with Gasteiger partial charge in [0.25, 0.3) is 0 Å². The quantitative estimate of drug-likeness (QED) is 0.760. The van der Waals surface area contributed by atoms with Gasteiger partial charge >= 0.3 is 12.0 Å². The molecule has 4 atom stereocenters. The molecule has 142 valence electrons. The smallest absolute Gasteiger partial charge is 0.319 e. The van der Waals surface area contributed by atoms with Gasteiger partial charge in [0, 0.05) is 18.0 Å². The molecule has 7 nitrogen and oxygen atoms in total. The first-order valence-corrected chi connectivity index (χ1v) is 10.7. The zero-order valence-corrected chi connectivity index (χ0v) is 15.7. The van der Waals surface area contributed by atoms with E-state index in [2.05, 4.69) is 10.6 Å². The van der Waals surface area contributed by atoms with Gasteiger partial charge in [-0.05, 0) is 48.8 Å². The van der Waals surface area contributed by atoms with Gasteiger partial charge in [0.15, 0.2) is 9.84 Å². The number of fused-ring (bicyclic) bond motifs is 2. The summed E-state index contributed by atoms with van der Waals surface area (Å²) < 4.78 is 27.8. The largest absolute Gasteiger partial charge is 0.469 e. The van der Waals surface area contributed by atoms with Crippen molar-refractivity contribution in [3.63, 3.8) is 0 Å². The lowest BCUT2D eigenvalue weighted by Crippen LogP contribution is -2.48. The van der Waals surface area contributed by atoms with Gasteiger partial charge in [-0.15, -0.1) is 0 Å². The van der Waals surface area contributed by atoms with Crippen LogP contribution in [0.15, 0.2) is 24.3 Å². The molecule has 2 amide bonds. The number of carbonyl (C=O) groups is 2. The summed E-state index contributed by atoms with van der Waals surface area (Å²) in [6, 6.07) is 6.12. The molecule has 2 aliphatic rings. The number of benzene rings is 1. The van der Waals surface area contributed by atoms with E-state index in [1.165, 1.54) is 13.4 Å². The van der Waals surface area contributed by atoms with Crippen LogP contribution in [0, 0.1) is 17.8 Å². The number of ether oxygens (including phenoxy) is 1.